The van der Waals surface area contributed by atoms with E-state index in [-0.39, 0.29) is 5.75 Å². The summed E-state index contributed by atoms with van der Waals surface area (Å²) in [7, 11) is 0. The molecule has 1 aromatic heterocycles. The summed E-state index contributed by atoms with van der Waals surface area (Å²) in [6, 6.07) is 1.03. The standard InChI is InChI=1S/C7H7F3N2O2/c8-7(9,10)1-2-14-5-3-6(13)12-11-4-5/h3-4H,1-2H2,(H,12,13). The molecule has 0 amide bonds. The maximum Gasteiger partial charge on any atom is 0.392 e. The molecule has 0 aliphatic rings. The zero-order valence-corrected chi connectivity index (χ0v) is 6.97. The quantitative estimate of drug-likeness (QED) is 0.809. The van der Waals surface area contributed by atoms with E-state index in [1.807, 2.05) is 0 Å². The SMILES string of the molecule is O=c1cc(OCCC(F)(F)F)cn[nH]1. The monoisotopic (exact) mass is 208 g/mol. The normalized spacial score (nSPS) is 11.4. The van der Waals surface area contributed by atoms with Gasteiger partial charge in [0.25, 0.3) is 5.56 Å². The fourth-order valence-electron chi connectivity index (χ4n) is 0.722. The highest BCUT2D eigenvalue weighted by Gasteiger charge is 2.26. The lowest BCUT2D eigenvalue weighted by atomic mass is 10.4. The summed E-state index contributed by atoms with van der Waals surface area (Å²) < 4.78 is 39.7. The van der Waals surface area contributed by atoms with E-state index in [0.717, 1.165) is 12.3 Å². The molecule has 1 heterocycles. The lowest BCUT2D eigenvalue weighted by Crippen LogP contribution is -2.14. The van der Waals surface area contributed by atoms with E-state index in [0.29, 0.717) is 0 Å². The van der Waals surface area contributed by atoms with Crippen molar-refractivity contribution in [2.75, 3.05) is 6.61 Å². The molecule has 14 heavy (non-hydrogen) atoms. The van der Waals surface area contributed by atoms with Crippen molar-refractivity contribution in [3.8, 4) is 5.75 Å². The number of rotatable bonds is 3. The first-order chi connectivity index (χ1) is 6.47. The number of aromatic amines is 1. The van der Waals surface area contributed by atoms with Crippen molar-refractivity contribution in [3.05, 3.63) is 22.6 Å². The summed E-state index contributed by atoms with van der Waals surface area (Å²) in [5, 5.41) is 5.43. The molecule has 7 heteroatoms. The summed E-state index contributed by atoms with van der Waals surface area (Å²) in [5.41, 5.74) is -0.519. The van der Waals surface area contributed by atoms with E-state index < -0.39 is 24.8 Å². The molecule has 78 valence electrons. The van der Waals surface area contributed by atoms with Crippen LogP contribution in [-0.4, -0.2) is 23.0 Å². The first kappa shape index (κ1) is 10.6. The zero-order valence-electron chi connectivity index (χ0n) is 6.97. The van der Waals surface area contributed by atoms with Crippen molar-refractivity contribution in [3.63, 3.8) is 0 Å². The molecule has 0 atom stereocenters. The van der Waals surface area contributed by atoms with Gasteiger partial charge in [-0.25, -0.2) is 5.10 Å². The number of hydrogen-bond acceptors (Lipinski definition) is 3. The Bertz CT molecular complexity index is 347. The molecule has 1 rings (SSSR count). The Morgan fingerprint density at radius 2 is 2.21 bits per heavy atom. The topological polar surface area (TPSA) is 55.0 Å². The molecule has 0 bridgehead atoms. The molecule has 0 spiro atoms. The van der Waals surface area contributed by atoms with E-state index in [4.69, 9.17) is 0 Å². The second-order valence-electron chi connectivity index (χ2n) is 2.49. The Balaban J connectivity index is 2.43. The summed E-state index contributed by atoms with van der Waals surface area (Å²) in [6.07, 6.45) is -4.17. The third-order valence-corrected chi connectivity index (χ3v) is 1.29. The van der Waals surface area contributed by atoms with Crippen LogP contribution < -0.4 is 10.3 Å². The molecule has 0 saturated carbocycles. The van der Waals surface area contributed by atoms with Gasteiger partial charge in [-0.1, -0.05) is 0 Å². The Hall–Kier alpha value is -1.53. The molecule has 0 aliphatic carbocycles. The largest absolute Gasteiger partial charge is 0.491 e. The van der Waals surface area contributed by atoms with Crippen molar-refractivity contribution in [1.82, 2.24) is 10.2 Å². The molecular formula is C7H7F3N2O2. The van der Waals surface area contributed by atoms with Crippen LogP contribution in [0.1, 0.15) is 6.42 Å². The van der Waals surface area contributed by atoms with Crippen molar-refractivity contribution in [2.45, 2.75) is 12.6 Å². The number of hydrogen-bond donors (Lipinski definition) is 1. The van der Waals surface area contributed by atoms with Gasteiger partial charge in [0.1, 0.15) is 5.75 Å². The lowest BCUT2D eigenvalue weighted by Gasteiger charge is -2.07. The number of nitrogens with one attached hydrogen (secondary N) is 1. The van der Waals surface area contributed by atoms with Crippen LogP contribution in [0.3, 0.4) is 0 Å². The second-order valence-corrected chi connectivity index (χ2v) is 2.49. The smallest absolute Gasteiger partial charge is 0.392 e. The molecule has 0 aliphatic heterocycles. The molecule has 0 radical (unpaired) electrons. The van der Waals surface area contributed by atoms with E-state index in [1.54, 1.807) is 0 Å². The van der Waals surface area contributed by atoms with Crippen molar-refractivity contribution < 1.29 is 17.9 Å². The van der Waals surface area contributed by atoms with Gasteiger partial charge in [-0.15, -0.1) is 0 Å². The predicted molar refractivity (Wildman–Crippen MR) is 41.0 cm³/mol. The lowest BCUT2D eigenvalue weighted by molar-refractivity contribution is -0.139. The first-order valence-electron chi connectivity index (χ1n) is 3.72. The van der Waals surface area contributed by atoms with Crippen LogP contribution in [0.5, 0.6) is 5.75 Å². The molecule has 0 saturated heterocycles. The van der Waals surface area contributed by atoms with Crippen molar-refractivity contribution in [1.29, 1.82) is 0 Å². The number of ether oxygens (including phenoxy) is 1. The van der Waals surface area contributed by atoms with Gasteiger partial charge in [0.05, 0.1) is 19.2 Å². The van der Waals surface area contributed by atoms with E-state index >= 15 is 0 Å². The number of H-pyrrole nitrogens is 1. The molecular weight excluding hydrogens is 201 g/mol. The van der Waals surface area contributed by atoms with Crippen LogP contribution in [0.25, 0.3) is 0 Å². The molecule has 0 aromatic carbocycles. The van der Waals surface area contributed by atoms with Gasteiger partial charge >= 0.3 is 6.18 Å². The van der Waals surface area contributed by atoms with Gasteiger partial charge in [0.15, 0.2) is 0 Å². The molecule has 4 nitrogen and oxygen atoms in total. The third kappa shape index (κ3) is 3.92. The molecule has 0 fully saturated rings. The van der Waals surface area contributed by atoms with Crippen LogP contribution in [-0.2, 0) is 0 Å². The number of alkyl halides is 3. The van der Waals surface area contributed by atoms with Crippen molar-refractivity contribution in [2.24, 2.45) is 0 Å². The first-order valence-corrected chi connectivity index (χ1v) is 3.72. The molecule has 0 unspecified atom stereocenters. The summed E-state index contributed by atoms with van der Waals surface area (Å²) in [6.45, 7) is -0.519. The van der Waals surface area contributed by atoms with Crippen molar-refractivity contribution >= 4 is 0 Å². The average Bonchev–Trinajstić information content (AvgIpc) is 2.01. The van der Waals surface area contributed by atoms with Gasteiger partial charge < -0.3 is 4.74 Å². The minimum Gasteiger partial charge on any atom is -0.491 e. The van der Waals surface area contributed by atoms with Gasteiger partial charge in [0.2, 0.25) is 0 Å². The van der Waals surface area contributed by atoms with Gasteiger partial charge in [0, 0.05) is 6.07 Å². The summed E-state index contributed by atoms with van der Waals surface area (Å²) in [5.74, 6) is 0.0259. The fraction of sp³-hybridized carbons (Fsp3) is 0.429. The fourth-order valence-corrected chi connectivity index (χ4v) is 0.722. The van der Waals surface area contributed by atoms with Gasteiger partial charge in [-0.2, -0.15) is 18.3 Å². The Labute approximate surface area is 76.7 Å². The maximum absolute atomic E-state index is 11.7. The van der Waals surface area contributed by atoms with Crippen LogP contribution in [0.2, 0.25) is 0 Å². The highest BCUT2D eigenvalue weighted by molar-refractivity contribution is 5.12. The third-order valence-electron chi connectivity index (χ3n) is 1.29. The van der Waals surface area contributed by atoms with E-state index in [9.17, 15) is 18.0 Å². The van der Waals surface area contributed by atoms with Crippen LogP contribution in [0.15, 0.2) is 17.1 Å². The summed E-state index contributed by atoms with van der Waals surface area (Å²) in [4.78, 5) is 10.6. The predicted octanol–water partition coefficient (Wildman–Crippen LogP) is 1.10. The molecule has 1 N–H and O–H groups in total. The van der Waals surface area contributed by atoms with Gasteiger partial charge in [-0.05, 0) is 0 Å². The Morgan fingerprint density at radius 1 is 1.50 bits per heavy atom. The average molecular weight is 208 g/mol. The number of aromatic nitrogens is 2. The maximum atomic E-state index is 11.7. The number of halogens is 3. The van der Waals surface area contributed by atoms with Crippen LogP contribution in [0, 0.1) is 0 Å². The highest BCUT2D eigenvalue weighted by Crippen LogP contribution is 2.19. The van der Waals surface area contributed by atoms with Crippen LogP contribution >= 0.6 is 0 Å². The molecule has 1 aromatic rings. The summed E-state index contributed by atoms with van der Waals surface area (Å²) >= 11 is 0. The van der Waals surface area contributed by atoms with E-state index in [2.05, 4.69) is 14.9 Å². The Kier molecular flexibility index (Phi) is 3.10. The van der Waals surface area contributed by atoms with E-state index in [1.165, 1.54) is 0 Å². The second kappa shape index (κ2) is 4.12. The van der Waals surface area contributed by atoms with Gasteiger partial charge in [-0.3, -0.25) is 4.79 Å². The number of nitrogens with zero attached hydrogens (tertiary/aromatic N) is 1. The van der Waals surface area contributed by atoms with Crippen LogP contribution in [0.4, 0.5) is 13.2 Å². The zero-order chi connectivity index (χ0) is 10.6. The highest BCUT2D eigenvalue weighted by atomic mass is 19.4. The minimum atomic E-state index is -4.26. The minimum absolute atomic E-state index is 0.0259. The Morgan fingerprint density at radius 3 is 2.79 bits per heavy atom.